The molecule has 0 aromatic rings. The first-order valence-corrected chi connectivity index (χ1v) is 3.67. The van der Waals surface area contributed by atoms with Crippen LogP contribution in [0.15, 0.2) is 0 Å². The second kappa shape index (κ2) is 8.00. The molecule has 0 saturated heterocycles. The van der Waals surface area contributed by atoms with E-state index in [0.717, 1.165) is 0 Å². The number of rotatable bonds is 3. The van der Waals surface area contributed by atoms with Gasteiger partial charge in [-0.25, -0.2) is 0 Å². The summed E-state index contributed by atoms with van der Waals surface area (Å²) in [7, 11) is 0. The molecule has 0 aliphatic heterocycles. The zero-order valence-electron chi connectivity index (χ0n) is 4.72. The van der Waals surface area contributed by atoms with Crippen LogP contribution in [0.2, 0.25) is 0 Å². The molecule has 0 heterocycles. The fourth-order valence-electron chi connectivity index (χ4n) is 0.172. The summed E-state index contributed by atoms with van der Waals surface area (Å²) in [4.78, 5) is 0. The van der Waals surface area contributed by atoms with Gasteiger partial charge in [0.15, 0.2) is 0 Å². The van der Waals surface area contributed by atoms with Gasteiger partial charge in [0.1, 0.15) is 0 Å². The molecular formula is C3H6ClLiO2S. The minimum absolute atomic E-state index is 0. The quantitative estimate of drug-likeness (QED) is 0.252. The molecule has 44 valence electrons. The molecule has 1 unspecified atom stereocenters. The molecular weight excluding hydrogens is 142 g/mol. The van der Waals surface area contributed by atoms with Crippen molar-refractivity contribution >= 4 is 22.7 Å². The minimum atomic E-state index is -1.90. The van der Waals surface area contributed by atoms with E-state index in [1.807, 2.05) is 0 Å². The van der Waals surface area contributed by atoms with Crippen LogP contribution >= 0.6 is 11.6 Å². The molecule has 5 heteroatoms. The van der Waals surface area contributed by atoms with Crippen LogP contribution in [0.4, 0.5) is 0 Å². The normalized spacial score (nSPS) is 12.2. The van der Waals surface area contributed by atoms with Crippen LogP contribution in [0.3, 0.4) is 0 Å². The average Bonchev–Trinajstić information content (AvgIpc) is 1.61. The Bertz CT molecular complexity index is 70.3. The third-order valence-electron chi connectivity index (χ3n) is 0.445. The van der Waals surface area contributed by atoms with Gasteiger partial charge in [0.25, 0.3) is 0 Å². The monoisotopic (exact) mass is 148 g/mol. The summed E-state index contributed by atoms with van der Waals surface area (Å²) < 4.78 is 19.4. The van der Waals surface area contributed by atoms with Gasteiger partial charge in [0, 0.05) is 11.6 Å². The fraction of sp³-hybridized carbons (Fsp3) is 1.00. The van der Waals surface area contributed by atoms with Crippen molar-refractivity contribution < 1.29 is 27.6 Å². The van der Waals surface area contributed by atoms with Crippen molar-refractivity contribution in [2.24, 2.45) is 0 Å². The SMILES string of the molecule is O=S([O-])CCCCl.[Li+]. The summed E-state index contributed by atoms with van der Waals surface area (Å²) in [5.41, 5.74) is 0. The molecule has 0 aromatic carbocycles. The predicted molar refractivity (Wildman–Crippen MR) is 29.1 cm³/mol. The van der Waals surface area contributed by atoms with E-state index >= 15 is 0 Å². The molecule has 0 aliphatic rings. The predicted octanol–water partition coefficient (Wildman–Crippen LogP) is -2.50. The Hall–Kier alpha value is 0.997. The molecule has 0 amide bonds. The first-order valence-electron chi connectivity index (χ1n) is 1.89. The molecule has 0 spiro atoms. The Balaban J connectivity index is 0. The number of hydrogen-bond donors (Lipinski definition) is 0. The van der Waals surface area contributed by atoms with Gasteiger partial charge in [0.05, 0.1) is 0 Å². The molecule has 0 radical (unpaired) electrons. The maximum Gasteiger partial charge on any atom is 1.00 e. The van der Waals surface area contributed by atoms with E-state index in [1.54, 1.807) is 0 Å². The van der Waals surface area contributed by atoms with Gasteiger partial charge in [-0.05, 0) is 6.42 Å². The van der Waals surface area contributed by atoms with Gasteiger partial charge in [-0.2, -0.15) is 0 Å². The minimum Gasteiger partial charge on any atom is -0.772 e. The third kappa shape index (κ3) is 10.1. The molecule has 0 aliphatic carbocycles. The van der Waals surface area contributed by atoms with E-state index in [9.17, 15) is 8.76 Å². The summed E-state index contributed by atoms with van der Waals surface area (Å²) in [5, 5.41) is 0. The van der Waals surface area contributed by atoms with Crippen LogP contribution in [0.1, 0.15) is 6.42 Å². The zero-order valence-corrected chi connectivity index (χ0v) is 6.30. The largest absolute Gasteiger partial charge is 1.00 e. The first-order chi connectivity index (χ1) is 3.27. The molecule has 0 saturated carbocycles. The molecule has 0 bridgehead atoms. The zero-order chi connectivity index (χ0) is 5.70. The van der Waals surface area contributed by atoms with Crippen molar-refractivity contribution in [3.8, 4) is 0 Å². The van der Waals surface area contributed by atoms with Crippen molar-refractivity contribution in [1.82, 2.24) is 0 Å². The van der Waals surface area contributed by atoms with Crippen molar-refractivity contribution in [1.29, 1.82) is 0 Å². The van der Waals surface area contributed by atoms with Crippen molar-refractivity contribution in [2.75, 3.05) is 11.6 Å². The Kier molecular flexibility index (Phi) is 11.7. The van der Waals surface area contributed by atoms with Gasteiger partial charge in [-0.1, -0.05) is 11.1 Å². The van der Waals surface area contributed by atoms with Crippen molar-refractivity contribution in [3.63, 3.8) is 0 Å². The summed E-state index contributed by atoms with van der Waals surface area (Å²) >= 11 is 3.27. The second-order valence-corrected chi connectivity index (χ2v) is 2.44. The van der Waals surface area contributed by atoms with Crippen LogP contribution in [0.25, 0.3) is 0 Å². The van der Waals surface area contributed by atoms with Crippen LogP contribution in [0.5, 0.6) is 0 Å². The number of alkyl halides is 1. The molecule has 0 fully saturated rings. The summed E-state index contributed by atoms with van der Waals surface area (Å²) in [6.45, 7) is 0. The van der Waals surface area contributed by atoms with E-state index in [4.69, 9.17) is 11.6 Å². The number of hydrogen-bond acceptors (Lipinski definition) is 2. The molecule has 1 atom stereocenters. The van der Waals surface area contributed by atoms with Crippen LogP contribution < -0.4 is 18.9 Å². The Labute approximate surface area is 68.4 Å². The van der Waals surface area contributed by atoms with Gasteiger partial charge in [-0.3, -0.25) is 4.21 Å². The Morgan fingerprint density at radius 1 is 1.62 bits per heavy atom. The maximum atomic E-state index is 9.70. The Morgan fingerprint density at radius 3 is 2.25 bits per heavy atom. The smallest absolute Gasteiger partial charge is 0.772 e. The third-order valence-corrected chi connectivity index (χ3v) is 1.33. The topological polar surface area (TPSA) is 40.1 Å². The van der Waals surface area contributed by atoms with Gasteiger partial charge in [-0.15, -0.1) is 11.6 Å². The van der Waals surface area contributed by atoms with Crippen molar-refractivity contribution in [2.45, 2.75) is 6.42 Å². The van der Waals surface area contributed by atoms with E-state index in [2.05, 4.69) is 0 Å². The van der Waals surface area contributed by atoms with E-state index in [0.29, 0.717) is 12.3 Å². The average molecular weight is 149 g/mol. The molecule has 8 heavy (non-hydrogen) atoms. The van der Waals surface area contributed by atoms with Crippen molar-refractivity contribution in [3.05, 3.63) is 0 Å². The van der Waals surface area contributed by atoms with Crippen LogP contribution in [-0.2, 0) is 11.1 Å². The molecule has 0 aromatic heterocycles. The number of halogens is 1. The summed E-state index contributed by atoms with van der Waals surface area (Å²) in [5.74, 6) is 0.609. The Morgan fingerprint density at radius 2 is 2.12 bits per heavy atom. The summed E-state index contributed by atoms with van der Waals surface area (Å²) in [6, 6.07) is 0. The van der Waals surface area contributed by atoms with E-state index in [1.165, 1.54) is 0 Å². The maximum absolute atomic E-state index is 9.70. The summed E-state index contributed by atoms with van der Waals surface area (Å²) in [6.07, 6.45) is 0.553. The van der Waals surface area contributed by atoms with Gasteiger partial charge < -0.3 is 4.55 Å². The first kappa shape index (κ1) is 11.8. The molecule has 0 rings (SSSR count). The fourth-order valence-corrected chi connectivity index (χ4v) is 0.845. The molecule has 0 N–H and O–H groups in total. The standard InChI is InChI=1S/C3H7ClO2S.Li/c4-2-1-3-7(5)6;/h1-3H2,(H,5,6);/q;+1/p-1. The van der Waals surface area contributed by atoms with E-state index in [-0.39, 0.29) is 24.6 Å². The van der Waals surface area contributed by atoms with Crippen LogP contribution in [-0.4, -0.2) is 20.4 Å². The molecule has 2 nitrogen and oxygen atoms in total. The van der Waals surface area contributed by atoms with Gasteiger partial charge >= 0.3 is 18.9 Å². The second-order valence-electron chi connectivity index (χ2n) is 1.05. The van der Waals surface area contributed by atoms with Gasteiger partial charge in [0.2, 0.25) is 0 Å². The van der Waals surface area contributed by atoms with E-state index < -0.39 is 11.1 Å². The van der Waals surface area contributed by atoms with Crippen LogP contribution in [0, 0.1) is 0 Å².